The Morgan fingerprint density at radius 2 is 1.61 bits per heavy atom. The Hall–Kier alpha value is -2.18. The topological polar surface area (TPSA) is 52.7 Å². The van der Waals surface area contributed by atoms with Crippen LogP contribution < -0.4 is 5.32 Å². The first-order valence-corrected chi connectivity index (χ1v) is 10.4. The van der Waals surface area contributed by atoms with Crippen molar-refractivity contribution in [1.29, 1.82) is 0 Å². The lowest BCUT2D eigenvalue weighted by Gasteiger charge is -2.34. The Labute approximate surface area is 174 Å². The molecule has 1 heterocycles. The molecule has 0 atom stereocenters. The summed E-state index contributed by atoms with van der Waals surface area (Å²) in [5.74, 6) is 0.191. The fraction of sp³-hybridized carbons (Fsp3) is 0.364. The van der Waals surface area contributed by atoms with Gasteiger partial charge in [-0.3, -0.25) is 14.5 Å². The molecule has 1 fully saturated rings. The van der Waals surface area contributed by atoms with Crippen molar-refractivity contribution in [2.45, 2.75) is 19.8 Å². The summed E-state index contributed by atoms with van der Waals surface area (Å²) in [6.45, 7) is 5.82. The van der Waals surface area contributed by atoms with Crippen LogP contribution in [0, 0.1) is 6.92 Å². The molecule has 3 rings (SSSR count). The van der Waals surface area contributed by atoms with Crippen LogP contribution in [0.4, 0.5) is 5.69 Å². The van der Waals surface area contributed by atoms with E-state index >= 15 is 0 Å². The summed E-state index contributed by atoms with van der Waals surface area (Å²) in [5.41, 5.74) is 3.07. The maximum Gasteiger partial charge on any atom is 0.227 e. The van der Waals surface area contributed by atoms with Crippen molar-refractivity contribution in [3.8, 4) is 0 Å². The summed E-state index contributed by atoms with van der Waals surface area (Å²) in [7, 11) is 0. The molecule has 28 heavy (non-hydrogen) atoms. The molecule has 1 aliphatic rings. The number of nitrogens with zero attached hydrogens (tertiary/aromatic N) is 2. The van der Waals surface area contributed by atoms with Crippen LogP contribution in [0.2, 0.25) is 0 Å². The van der Waals surface area contributed by atoms with E-state index in [2.05, 4.69) is 26.1 Å². The van der Waals surface area contributed by atoms with Gasteiger partial charge in [-0.25, -0.2) is 0 Å². The van der Waals surface area contributed by atoms with Gasteiger partial charge in [0.15, 0.2) is 0 Å². The normalized spacial score (nSPS) is 14.7. The highest BCUT2D eigenvalue weighted by Crippen LogP contribution is 2.14. The lowest BCUT2D eigenvalue weighted by molar-refractivity contribution is -0.132. The van der Waals surface area contributed by atoms with Crippen molar-refractivity contribution >= 4 is 33.4 Å². The zero-order chi connectivity index (χ0) is 19.9. The van der Waals surface area contributed by atoms with Crippen LogP contribution >= 0.6 is 15.9 Å². The molecule has 0 unspecified atom stereocenters. The van der Waals surface area contributed by atoms with E-state index in [1.165, 1.54) is 5.56 Å². The average Bonchev–Trinajstić information content (AvgIpc) is 2.70. The van der Waals surface area contributed by atoms with Gasteiger partial charge in [-0.05, 0) is 36.8 Å². The first-order valence-electron chi connectivity index (χ1n) is 9.61. The predicted molar refractivity (Wildman–Crippen MR) is 115 cm³/mol. The molecule has 0 aromatic heterocycles. The van der Waals surface area contributed by atoms with Crippen LogP contribution in [0.3, 0.4) is 0 Å². The number of halogens is 1. The third-order valence-corrected chi connectivity index (χ3v) is 5.51. The second-order valence-electron chi connectivity index (χ2n) is 7.19. The largest absolute Gasteiger partial charge is 0.340 e. The van der Waals surface area contributed by atoms with E-state index in [0.717, 1.165) is 41.9 Å². The molecule has 5 nitrogen and oxygen atoms in total. The molecule has 1 N–H and O–H groups in total. The summed E-state index contributed by atoms with van der Waals surface area (Å²) in [4.78, 5) is 28.8. The standard InChI is InChI=1S/C22H26BrN3O2/c1-17-2-4-18(5-3-17)16-22(28)26-14-12-25(13-15-26)11-10-21(27)24-20-8-6-19(23)7-9-20/h2-9H,10-16H2,1H3,(H,24,27). The van der Waals surface area contributed by atoms with Crippen LogP contribution in [0.5, 0.6) is 0 Å². The van der Waals surface area contributed by atoms with Gasteiger partial charge in [0.2, 0.25) is 11.8 Å². The Kier molecular flexibility index (Phi) is 7.23. The molecule has 0 saturated carbocycles. The van der Waals surface area contributed by atoms with Gasteiger partial charge in [-0.1, -0.05) is 45.8 Å². The molecule has 0 bridgehead atoms. The second kappa shape index (κ2) is 9.85. The summed E-state index contributed by atoms with van der Waals surface area (Å²) in [6.07, 6.45) is 0.906. The van der Waals surface area contributed by atoms with E-state index < -0.39 is 0 Å². The van der Waals surface area contributed by atoms with Crippen molar-refractivity contribution in [3.05, 3.63) is 64.1 Å². The minimum Gasteiger partial charge on any atom is -0.340 e. The molecule has 1 aliphatic heterocycles. The van der Waals surface area contributed by atoms with Crippen molar-refractivity contribution in [3.63, 3.8) is 0 Å². The number of rotatable bonds is 6. The van der Waals surface area contributed by atoms with Crippen molar-refractivity contribution < 1.29 is 9.59 Å². The van der Waals surface area contributed by atoms with E-state index in [9.17, 15) is 9.59 Å². The molecular formula is C22H26BrN3O2. The summed E-state index contributed by atoms with van der Waals surface area (Å²) < 4.78 is 0.986. The molecule has 2 amide bonds. The van der Waals surface area contributed by atoms with E-state index in [0.29, 0.717) is 19.4 Å². The monoisotopic (exact) mass is 443 g/mol. The van der Waals surface area contributed by atoms with Crippen LogP contribution in [0.1, 0.15) is 17.5 Å². The van der Waals surface area contributed by atoms with E-state index in [1.807, 2.05) is 60.4 Å². The fourth-order valence-corrected chi connectivity index (χ4v) is 3.49. The van der Waals surface area contributed by atoms with Gasteiger partial charge in [-0.15, -0.1) is 0 Å². The van der Waals surface area contributed by atoms with Crippen LogP contribution in [-0.2, 0) is 16.0 Å². The van der Waals surface area contributed by atoms with Gasteiger partial charge in [0.25, 0.3) is 0 Å². The van der Waals surface area contributed by atoms with Crippen molar-refractivity contribution in [1.82, 2.24) is 9.80 Å². The van der Waals surface area contributed by atoms with Gasteiger partial charge < -0.3 is 10.2 Å². The van der Waals surface area contributed by atoms with Crippen LogP contribution in [0.15, 0.2) is 53.0 Å². The number of piperazine rings is 1. The number of anilines is 1. The zero-order valence-electron chi connectivity index (χ0n) is 16.2. The maximum absolute atomic E-state index is 12.5. The molecular weight excluding hydrogens is 418 g/mol. The predicted octanol–water partition coefficient (Wildman–Crippen LogP) is 3.47. The second-order valence-corrected chi connectivity index (χ2v) is 8.11. The maximum atomic E-state index is 12.5. The smallest absolute Gasteiger partial charge is 0.227 e. The summed E-state index contributed by atoms with van der Waals surface area (Å²) in [5, 5.41) is 2.92. The number of hydrogen-bond donors (Lipinski definition) is 1. The number of aryl methyl sites for hydroxylation is 1. The molecule has 2 aromatic rings. The number of nitrogens with one attached hydrogen (secondary N) is 1. The number of hydrogen-bond acceptors (Lipinski definition) is 3. The molecule has 6 heteroatoms. The first kappa shape index (κ1) is 20.6. The molecule has 1 saturated heterocycles. The van der Waals surface area contributed by atoms with Gasteiger partial charge in [0, 0.05) is 49.3 Å². The fourth-order valence-electron chi connectivity index (χ4n) is 3.23. The first-order chi connectivity index (χ1) is 13.5. The number of benzene rings is 2. The van der Waals surface area contributed by atoms with E-state index in [4.69, 9.17) is 0 Å². The van der Waals surface area contributed by atoms with Crippen molar-refractivity contribution in [2.75, 3.05) is 38.0 Å². The minimum atomic E-state index is 0.0141. The van der Waals surface area contributed by atoms with Gasteiger partial charge in [0.1, 0.15) is 0 Å². The highest BCUT2D eigenvalue weighted by Gasteiger charge is 2.21. The van der Waals surface area contributed by atoms with Gasteiger partial charge >= 0.3 is 0 Å². The number of amides is 2. The molecule has 0 spiro atoms. The zero-order valence-corrected chi connectivity index (χ0v) is 17.7. The quantitative estimate of drug-likeness (QED) is 0.743. The lowest BCUT2D eigenvalue weighted by Crippen LogP contribution is -2.49. The Morgan fingerprint density at radius 3 is 2.25 bits per heavy atom. The summed E-state index contributed by atoms with van der Waals surface area (Å²) in [6, 6.07) is 15.7. The van der Waals surface area contributed by atoms with Crippen LogP contribution in [-0.4, -0.2) is 54.3 Å². The van der Waals surface area contributed by atoms with Gasteiger partial charge in [-0.2, -0.15) is 0 Å². The Morgan fingerprint density at radius 1 is 0.964 bits per heavy atom. The molecule has 0 radical (unpaired) electrons. The highest BCUT2D eigenvalue weighted by atomic mass is 79.9. The molecule has 148 valence electrons. The number of carbonyl (C=O) groups is 2. The lowest BCUT2D eigenvalue weighted by atomic mass is 10.1. The SMILES string of the molecule is Cc1ccc(CC(=O)N2CCN(CCC(=O)Nc3ccc(Br)cc3)CC2)cc1. The Balaban J connectivity index is 1.37. The van der Waals surface area contributed by atoms with Crippen molar-refractivity contribution in [2.24, 2.45) is 0 Å². The average molecular weight is 444 g/mol. The van der Waals surface area contributed by atoms with E-state index in [1.54, 1.807) is 0 Å². The Bertz CT molecular complexity index is 798. The van der Waals surface area contributed by atoms with Gasteiger partial charge in [0.05, 0.1) is 6.42 Å². The van der Waals surface area contributed by atoms with E-state index in [-0.39, 0.29) is 11.8 Å². The number of carbonyl (C=O) groups excluding carboxylic acids is 2. The highest BCUT2D eigenvalue weighted by molar-refractivity contribution is 9.10. The third kappa shape index (κ3) is 6.17. The molecule has 2 aromatic carbocycles. The summed E-state index contributed by atoms with van der Waals surface area (Å²) >= 11 is 3.38. The van der Waals surface area contributed by atoms with Crippen LogP contribution in [0.25, 0.3) is 0 Å². The molecule has 0 aliphatic carbocycles. The minimum absolute atomic E-state index is 0.0141. The third-order valence-electron chi connectivity index (χ3n) is 4.98.